The standard InChI is InChI=1S/C13H17NO4S/c1-17-10-6-11(19-8-10)12(15)14-5-3-4-9(7-14)13(16)18-2/h6,8-9H,3-5,7H2,1-2H3/t9-/m0/s1. The Labute approximate surface area is 116 Å². The van der Waals surface area contributed by atoms with Gasteiger partial charge < -0.3 is 14.4 Å². The van der Waals surface area contributed by atoms with Crippen LogP contribution in [0.15, 0.2) is 11.4 Å². The number of esters is 1. The summed E-state index contributed by atoms with van der Waals surface area (Å²) in [7, 11) is 2.96. The van der Waals surface area contributed by atoms with Gasteiger partial charge in [-0.05, 0) is 12.8 Å². The van der Waals surface area contributed by atoms with Crippen molar-refractivity contribution in [2.24, 2.45) is 5.92 Å². The summed E-state index contributed by atoms with van der Waals surface area (Å²) in [6.07, 6.45) is 1.61. The first kappa shape index (κ1) is 13.9. The summed E-state index contributed by atoms with van der Waals surface area (Å²) in [6, 6.07) is 1.73. The number of hydrogen-bond donors (Lipinski definition) is 0. The molecule has 1 amide bonds. The number of thiophene rings is 1. The monoisotopic (exact) mass is 283 g/mol. The van der Waals surface area contributed by atoms with E-state index in [2.05, 4.69) is 0 Å². The maximum Gasteiger partial charge on any atom is 0.310 e. The second kappa shape index (κ2) is 6.06. The summed E-state index contributed by atoms with van der Waals surface area (Å²) < 4.78 is 9.83. The molecule has 1 aliphatic heterocycles. The number of amides is 1. The van der Waals surface area contributed by atoms with Crippen LogP contribution in [-0.2, 0) is 9.53 Å². The number of likely N-dealkylation sites (tertiary alicyclic amines) is 1. The van der Waals surface area contributed by atoms with E-state index in [1.165, 1.54) is 18.4 Å². The molecule has 0 bridgehead atoms. The molecule has 2 heterocycles. The van der Waals surface area contributed by atoms with E-state index in [0.29, 0.717) is 23.7 Å². The summed E-state index contributed by atoms with van der Waals surface area (Å²) >= 11 is 1.36. The predicted octanol–water partition coefficient (Wildman–Crippen LogP) is 1.78. The molecule has 0 spiro atoms. The van der Waals surface area contributed by atoms with Crippen molar-refractivity contribution < 1.29 is 19.1 Å². The zero-order valence-corrected chi connectivity index (χ0v) is 11.9. The second-order valence-electron chi connectivity index (χ2n) is 4.46. The molecule has 0 radical (unpaired) electrons. The minimum Gasteiger partial charge on any atom is -0.496 e. The van der Waals surface area contributed by atoms with Gasteiger partial charge in [0.2, 0.25) is 0 Å². The minimum atomic E-state index is -0.235. The van der Waals surface area contributed by atoms with Crippen molar-refractivity contribution in [3.8, 4) is 5.75 Å². The van der Waals surface area contributed by atoms with Crippen LogP contribution in [0.25, 0.3) is 0 Å². The fourth-order valence-electron chi connectivity index (χ4n) is 2.21. The lowest BCUT2D eigenvalue weighted by molar-refractivity contribution is -0.146. The lowest BCUT2D eigenvalue weighted by Crippen LogP contribution is -2.42. The topological polar surface area (TPSA) is 55.8 Å². The summed E-state index contributed by atoms with van der Waals surface area (Å²) in [5.41, 5.74) is 0. The molecule has 1 aromatic rings. The molecule has 1 saturated heterocycles. The molecule has 19 heavy (non-hydrogen) atoms. The molecule has 104 valence electrons. The van der Waals surface area contributed by atoms with Gasteiger partial charge in [-0.2, -0.15) is 0 Å². The van der Waals surface area contributed by atoms with Gasteiger partial charge in [0, 0.05) is 24.5 Å². The van der Waals surface area contributed by atoms with E-state index in [4.69, 9.17) is 9.47 Å². The number of carbonyl (C=O) groups is 2. The smallest absolute Gasteiger partial charge is 0.310 e. The summed E-state index contributed by atoms with van der Waals surface area (Å²) in [5.74, 6) is 0.211. The van der Waals surface area contributed by atoms with Crippen molar-refractivity contribution in [1.29, 1.82) is 0 Å². The Morgan fingerprint density at radius 1 is 1.42 bits per heavy atom. The molecule has 0 saturated carbocycles. The SMILES string of the molecule is COC(=O)[C@H]1CCCN(C(=O)c2cc(OC)cs2)C1. The third-order valence-electron chi connectivity index (χ3n) is 3.27. The highest BCUT2D eigenvalue weighted by Gasteiger charge is 2.30. The van der Waals surface area contributed by atoms with E-state index in [0.717, 1.165) is 12.8 Å². The fraction of sp³-hybridized carbons (Fsp3) is 0.538. The molecule has 6 heteroatoms. The zero-order valence-electron chi connectivity index (χ0n) is 11.0. The molecule has 0 aliphatic carbocycles. The Kier molecular flexibility index (Phi) is 4.42. The zero-order chi connectivity index (χ0) is 13.8. The highest BCUT2D eigenvalue weighted by Crippen LogP contribution is 2.25. The van der Waals surface area contributed by atoms with Crippen molar-refractivity contribution in [3.05, 3.63) is 16.3 Å². The highest BCUT2D eigenvalue weighted by atomic mass is 32.1. The largest absolute Gasteiger partial charge is 0.496 e. The third kappa shape index (κ3) is 3.07. The van der Waals surface area contributed by atoms with Crippen LogP contribution in [0.3, 0.4) is 0 Å². The van der Waals surface area contributed by atoms with Gasteiger partial charge in [0.05, 0.1) is 25.0 Å². The summed E-state index contributed by atoms with van der Waals surface area (Å²) in [6.45, 7) is 1.12. The minimum absolute atomic E-state index is 0.0399. The van der Waals surface area contributed by atoms with Crippen LogP contribution in [0, 0.1) is 5.92 Å². The van der Waals surface area contributed by atoms with Gasteiger partial charge in [0.25, 0.3) is 5.91 Å². The summed E-state index contributed by atoms with van der Waals surface area (Å²) in [4.78, 5) is 26.2. The van der Waals surface area contributed by atoms with Gasteiger partial charge >= 0.3 is 5.97 Å². The van der Waals surface area contributed by atoms with Gasteiger partial charge in [0.15, 0.2) is 0 Å². The molecular formula is C13H17NO4S. The summed E-state index contributed by atoms with van der Waals surface area (Å²) in [5, 5.41) is 1.80. The van der Waals surface area contributed by atoms with E-state index in [9.17, 15) is 9.59 Å². The molecule has 0 N–H and O–H groups in total. The molecule has 2 rings (SSSR count). The second-order valence-corrected chi connectivity index (χ2v) is 5.38. The van der Waals surface area contributed by atoms with Crippen molar-refractivity contribution in [1.82, 2.24) is 4.90 Å². The highest BCUT2D eigenvalue weighted by molar-refractivity contribution is 7.12. The van der Waals surface area contributed by atoms with Gasteiger partial charge in [-0.25, -0.2) is 0 Å². The molecule has 1 aliphatic rings. The average molecular weight is 283 g/mol. The van der Waals surface area contributed by atoms with Gasteiger partial charge in [-0.3, -0.25) is 9.59 Å². The van der Waals surface area contributed by atoms with Crippen LogP contribution >= 0.6 is 11.3 Å². The van der Waals surface area contributed by atoms with E-state index in [1.54, 1.807) is 23.5 Å². The van der Waals surface area contributed by atoms with E-state index in [-0.39, 0.29) is 17.8 Å². The van der Waals surface area contributed by atoms with Crippen LogP contribution < -0.4 is 4.74 Å². The Morgan fingerprint density at radius 2 is 2.21 bits per heavy atom. The van der Waals surface area contributed by atoms with Crippen LogP contribution in [0.4, 0.5) is 0 Å². The predicted molar refractivity (Wildman–Crippen MR) is 71.5 cm³/mol. The Balaban J connectivity index is 2.04. The quantitative estimate of drug-likeness (QED) is 0.794. The molecule has 1 atom stereocenters. The van der Waals surface area contributed by atoms with Crippen molar-refractivity contribution >= 4 is 23.2 Å². The lowest BCUT2D eigenvalue weighted by Gasteiger charge is -2.30. The molecule has 0 aromatic carbocycles. The maximum atomic E-state index is 12.3. The van der Waals surface area contributed by atoms with Crippen LogP contribution in [-0.4, -0.2) is 44.1 Å². The number of methoxy groups -OCH3 is 2. The first-order valence-electron chi connectivity index (χ1n) is 6.15. The molecular weight excluding hydrogens is 266 g/mol. The van der Waals surface area contributed by atoms with Crippen LogP contribution in [0.5, 0.6) is 5.75 Å². The number of ether oxygens (including phenoxy) is 2. The molecule has 1 aromatic heterocycles. The maximum absolute atomic E-state index is 12.3. The first-order valence-corrected chi connectivity index (χ1v) is 7.03. The fourth-order valence-corrected chi connectivity index (χ4v) is 3.04. The number of nitrogens with zero attached hydrogens (tertiary/aromatic N) is 1. The van der Waals surface area contributed by atoms with Crippen molar-refractivity contribution in [3.63, 3.8) is 0 Å². The normalized spacial score (nSPS) is 19.1. The van der Waals surface area contributed by atoms with E-state index in [1.807, 2.05) is 0 Å². The molecule has 0 unspecified atom stereocenters. The van der Waals surface area contributed by atoms with Crippen LogP contribution in [0.2, 0.25) is 0 Å². The van der Waals surface area contributed by atoms with E-state index < -0.39 is 0 Å². The number of hydrogen-bond acceptors (Lipinski definition) is 5. The average Bonchev–Trinajstić information content (AvgIpc) is 2.94. The Bertz CT molecular complexity index is 471. The van der Waals surface area contributed by atoms with E-state index >= 15 is 0 Å². The van der Waals surface area contributed by atoms with Gasteiger partial charge in [0.1, 0.15) is 5.75 Å². The van der Waals surface area contributed by atoms with Crippen LogP contribution in [0.1, 0.15) is 22.5 Å². The number of carbonyl (C=O) groups excluding carboxylic acids is 2. The Morgan fingerprint density at radius 3 is 2.84 bits per heavy atom. The van der Waals surface area contributed by atoms with Crippen molar-refractivity contribution in [2.75, 3.05) is 27.3 Å². The first-order chi connectivity index (χ1) is 9.15. The van der Waals surface area contributed by atoms with Crippen molar-refractivity contribution in [2.45, 2.75) is 12.8 Å². The third-order valence-corrected chi connectivity index (χ3v) is 4.16. The molecule has 5 nitrogen and oxygen atoms in total. The lowest BCUT2D eigenvalue weighted by atomic mass is 9.98. The number of rotatable bonds is 3. The Hall–Kier alpha value is -1.56. The number of piperidine rings is 1. The van der Waals surface area contributed by atoms with Gasteiger partial charge in [-0.15, -0.1) is 11.3 Å². The molecule has 1 fully saturated rings. The van der Waals surface area contributed by atoms with Gasteiger partial charge in [-0.1, -0.05) is 0 Å².